The fraction of sp³-hybridized carbons (Fsp3) is 0.200. The zero-order valence-electron chi connectivity index (χ0n) is 10.3. The molecule has 1 aliphatic heterocycles. The van der Waals surface area contributed by atoms with Gasteiger partial charge in [0.1, 0.15) is 17.7 Å². The molecule has 1 unspecified atom stereocenters. The quantitative estimate of drug-likeness (QED) is 0.735. The van der Waals surface area contributed by atoms with Crippen molar-refractivity contribution in [1.82, 2.24) is 0 Å². The van der Waals surface area contributed by atoms with E-state index in [1.807, 2.05) is 18.2 Å². The van der Waals surface area contributed by atoms with Crippen molar-refractivity contribution in [2.75, 3.05) is 0 Å². The second-order valence-electron chi connectivity index (χ2n) is 4.71. The molecule has 0 aliphatic carbocycles. The minimum absolute atomic E-state index is 0.288. The predicted molar refractivity (Wildman–Crippen MR) is 81.2 cm³/mol. The summed E-state index contributed by atoms with van der Waals surface area (Å²) in [6, 6.07) is 10.3. The van der Waals surface area contributed by atoms with Crippen LogP contribution in [-0.4, -0.2) is 5.11 Å². The normalized spacial score (nSPS) is 21.2. The van der Waals surface area contributed by atoms with Crippen LogP contribution in [0.25, 0.3) is 0 Å². The monoisotopic (exact) mass is 400 g/mol. The number of rotatable bonds is 1. The first-order chi connectivity index (χ1) is 9.54. The van der Waals surface area contributed by atoms with Crippen LogP contribution in [0, 0.1) is 5.82 Å². The molecule has 0 amide bonds. The third-order valence-corrected chi connectivity index (χ3v) is 4.46. The highest BCUT2D eigenvalue weighted by Crippen LogP contribution is 2.42. The van der Waals surface area contributed by atoms with E-state index < -0.39 is 6.10 Å². The van der Waals surface area contributed by atoms with E-state index in [2.05, 4.69) is 31.9 Å². The zero-order valence-corrected chi connectivity index (χ0v) is 13.5. The van der Waals surface area contributed by atoms with Gasteiger partial charge < -0.3 is 9.84 Å². The molecule has 0 aromatic heterocycles. The summed E-state index contributed by atoms with van der Waals surface area (Å²) >= 11 is 6.56. The Morgan fingerprint density at radius 2 is 1.95 bits per heavy atom. The van der Waals surface area contributed by atoms with Crippen molar-refractivity contribution in [3.8, 4) is 5.75 Å². The molecule has 0 spiro atoms. The van der Waals surface area contributed by atoms with Crippen LogP contribution in [0.3, 0.4) is 0 Å². The average molecular weight is 402 g/mol. The van der Waals surface area contributed by atoms with Crippen LogP contribution < -0.4 is 4.74 Å². The first kappa shape index (κ1) is 14.0. The number of hydrogen-bond acceptors (Lipinski definition) is 2. The fourth-order valence-corrected chi connectivity index (χ4v) is 3.07. The molecular weight excluding hydrogens is 391 g/mol. The molecule has 2 aromatic carbocycles. The van der Waals surface area contributed by atoms with Gasteiger partial charge in [0.05, 0.1) is 10.6 Å². The Morgan fingerprint density at radius 3 is 2.70 bits per heavy atom. The van der Waals surface area contributed by atoms with Gasteiger partial charge in [0.15, 0.2) is 0 Å². The van der Waals surface area contributed by atoms with Crippen LogP contribution in [0.1, 0.15) is 29.8 Å². The zero-order chi connectivity index (χ0) is 14.3. The van der Waals surface area contributed by atoms with Gasteiger partial charge in [0, 0.05) is 16.5 Å². The second-order valence-corrected chi connectivity index (χ2v) is 6.48. The van der Waals surface area contributed by atoms with Crippen molar-refractivity contribution in [3.63, 3.8) is 0 Å². The lowest BCUT2D eigenvalue weighted by atomic mass is 9.95. The molecule has 104 valence electrons. The van der Waals surface area contributed by atoms with E-state index in [4.69, 9.17) is 4.74 Å². The fourth-order valence-electron chi connectivity index (χ4n) is 2.33. The number of halogens is 3. The molecule has 0 saturated heterocycles. The van der Waals surface area contributed by atoms with Crippen LogP contribution in [0.5, 0.6) is 5.75 Å². The lowest BCUT2D eigenvalue weighted by molar-refractivity contribution is 0.0656. The van der Waals surface area contributed by atoms with E-state index in [1.165, 1.54) is 6.07 Å². The molecule has 1 aliphatic rings. The standard InChI is InChI=1S/C15H11Br2FO2/c16-9-2-3-10-13(19)7-14(20-15(10)6-9)8-1-4-12(18)11(17)5-8/h1-6,13-14,19H,7H2/t13-,14?/m0/s1. The van der Waals surface area contributed by atoms with Crippen molar-refractivity contribution >= 4 is 31.9 Å². The summed E-state index contributed by atoms with van der Waals surface area (Å²) in [6.45, 7) is 0. The van der Waals surface area contributed by atoms with Gasteiger partial charge in [-0.15, -0.1) is 0 Å². The van der Waals surface area contributed by atoms with Gasteiger partial charge in [0.25, 0.3) is 0 Å². The van der Waals surface area contributed by atoms with Crippen LogP contribution in [0.15, 0.2) is 45.3 Å². The van der Waals surface area contributed by atoms with Crippen molar-refractivity contribution in [1.29, 1.82) is 0 Å². The molecule has 2 atom stereocenters. The van der Waals surface area contributed by atoms with Crippen LogP contribution >= 0.6 is 31.9 Å². The van der Waals surface area contributed by atoms with Gasteiger partial charge >= 0.3 is 0 Å². The Balaban J connectivity index is 1.96. The molecule has 2 aromatic rings. The van der Waals surface area contributed by atoms with Gasteiger partial charge in [-0.05, 0) is 45.8 Å². The Hall–Kier alpha value is -0.910. The van der Waals surface area contributed by atoms with E-state index in [1.54, 1.807) is 12.1 Å². The van der Waals surface area contributed by atoms with E-state index in [9.17, 15) is 9.50 Å². The number of fused-ring (bicyclic) bond motifs is 1. The summed E-state index contributed by atoms with van der Waals surface area (Å²) in [5.41, 5.74) is 1.62. The molecule has 0 bridgehead atoms. The summed E-state index contributed by atoms with van der Waals surface area (Å²) in [6.07, 6.45) is -0.420. The lowest BCUT2D eigenvalue weighted by Crippen LogP contribution is -2.19. The molecule has 0 fully saturated rings. The second kappa shape index (κ2) is 5.47. The SMILES string of the molecule is O[C@H]1CC(c2ccc(F)c(Br)c2)Oc2cc(Br)ccc21. The van der Waals surface area contributed by atoms with E-state index in [0.717, 1.165) is 15.6 Å². The summed E-state index contributed by atoms with van der Waals surface area (Å²) < 4.78 is 20.5. The smallest absolute Gasteiger partial charge is 0.137 e. The average Bonchev–Trinajstić information content (AvgIpc) is 2.41. The molecule has 2 nitrogen and oxygen atoms in total. The maximum absolute atomic E-state index is 13.3. The summed E-state index contributed by atoms with van der Waals surface area (Å²) in [5.74, 6) is 0.344. The Bertz CT molecular complexity index is 660. The Labute approximate surface area is 132 Å². The highest BCUT2D eigenvalue weighted by atomic mass is 79.9. The van der Waals surface area contributed by atoms with Gasteiger partial charge in [-0.1, -0.05) is 28.1 Å². The first-order valence-electron chi connectivity index (χ1n) is 6.13. The maximum atomic E-state index is 13.3. The minimum atomic E-state index is -0.583. The minimum Gasteiger partial charge on any atom is -0.485 e. The molecule has 1 heterocycles. The third-order valence-electron chi connectivity index (χ3n) is 3.36. The largest absolute Gasteiger partial charge is 0.485 e. The number of hydrogen-bond donors (Lipinski definition) is 1. The van der Waals surface area contributed by atoms with Crippen molar-refractivity contribution in [2.24, 2.45) is 0 Å². The molecular formula is C15H11Br2FO2. The van der Waals surface area contributed by atoms with Crippen LogP contribution in [-0.2, 0) is 0 Å². The van der Waals surface area contributed by atoms with E-state index in [0.29, 0.717) is 16.6 Å². The maximum Gasteiger partial charge on any atom is 0.137 e. The van der Waals surface area contributed by atoms with E-state index >= 15 is 0 Å². The van der Waals surface area contributed by atoms with E-state index in [-0.39, 0.29) is 11.9 Å². The summed E-state index contributed by atoms with van der Waals surface area (Å²) in [4.78, 5) is 0. The van der Waals surface area contributed by atoms with Crippen molar-refractivity contribution in [3.05, 3.63) is 62.3 Å². The molecule has 3 rings (SSSR count). The Morgan fingerprint density at radius 1 is 1.15 bits per heavy atom. The van der Waals surface area contributed by atoms with Crippen molar-refractivity contribution < 1.29 is 14.2 Å². The lowest BCUT2D eigenvalue weighted by Gasteiger charge is -2.30. The predicted octanol–water partition coefficient (Wildman–Crippen LogP) is 4.91. The molecule has 1 N–H and O–H groups in total. The highest BCUT2D eigenvalue weighted by Gasteiger charge is 2.28. The summed E-state index contributed by atoms with van der Waals surface area (Å²) in [5, 5.41) is 10.2. The van der Waals surface area contributed by atoms with Gasteiger partial charge in [-0.3, -0.25) is 0 Å². The first-order valence-corrected chi connectivity index (χ1v) is 7.72. The number of aliphatic hydroxyl groups is 1. The molecule has 0 saturated carbocycles. The number of aliphatic hydroxyl groups excluding tert-OH is 1. The summed E-state index contributed by atoms with van der Waals surface area (Å²) in [7, 11) is 0. The Kier molecular flexibility index (Phi) is 3.84. The molecule has 20 heavy (non-hydrogen) atoms. The van der Waals surface area contributed by atoms with Crippen LogP contribution in [0.4, 0.5) is 4.39 Å². The highest BCUT2D eigenvalue weighted by molar-refractivity contribution is 9.10. The molecule has 5 heteroatoms. The number of ether oxygens (including phenoxy) is 1. The van der Waals surface area contributed by atoms with Crippen LogP contribution in [0.2, 0.25) is 0 Å². The third kappa shape index (κ3) is 2.62. The number of benzene rings is 2. The van der Waals surface area contributed by atoms with Gasteiger partial charge in [-0.2, -0.15) is 0 Å². The molecule has 0 radical (unpaired) electrons. The van der Waals surface area contributed by atoms with Gasteiger partial charge in [0.2, 0.25) is 0 Å². The topological polar surface area (TPSA) is 29.5 Å². The van der Waals surface area contributed by atoms with Gasteiger partial charge in [-0.25, -0.2) is 4.39 Å². The van der Waals surface area contributed by atoms with Crippen molar-refractivity contribution in [2.45, 2.75) is 18.6 Å².